The van der Waals surface area contributed by atoms with Crippen molar-refractivity contribution in [3.05, 3.63) is 106 Å². The zero-order valence-electron chi connectivity index (χ0n) is 18.6. The molecule has 1 N–H and O–H groups in total. The van der Waals surface area contributed by atoms with E-state index in [9.17, 15) is 9.59 Å². The van der Waals surface area contributed by atoms with Crippen molar-refractivity contribution in [1.82, 2.24) is 14.1 Å². The van der Waals surface area contributed by atoms with Crippen molar-refractivity contribution >= 4 is 33.5 Å². The Balaban J connectivity index is 1.61. The zero-order valence-corrected chi connectivity index (χ0v) is 18.6. The summed E-state index contributed by atoms with van der Waals surface area (Å²) in [6.07, 6.45) is 1.59. The highest BCUT2D eigenvalue weighted by Gasteiger charge is 2.19. The average Bonchev–Trinajstić information content (AvgIpc) is 3.09. The molecule has 164 valence electrons. The lowest BCUT2D eigenvalue weighted by atomic mass is 10.1. The Bertz CT molecular complexity index is 1550. The van der Waals surface area contributed by atoms with Crippen molar-refractivity contribution in [2.24, 2.45) is 0 Å². The maximum atomic E-state index is 13.6. The summed E-state index contributed by atoms with van der Waals surface area (Å²) in [4.78, 5) is 31.2. The van der Waals surface area contributed by atoms with Crippen molar-refractivity contribution in [1.29, 1.82) is 0 Å². The number of hydrogen-bond acceptors (Lipinski definition) is 3. The smallest absolute Gasteiger partial charge is 0.278 e. The Morgan fingerprint density at radius 1 is 0.939 bits per heavy atom. The molecule has 0 spiro atoms. The minimum atomic E-state index is -0.196. The molecule has 2 heterocycles. The zero-order chi connectivity index (χ0) is 22.9. The molecule has 5 rings (SSSR count). The number of aromatic nitrogens is 3. The van der Waals surface area contributed by atoms with Gasteiger partial charge in [0.1, 0.15) is 17.6 Å². The van der Waals surface area contributed by atoms with Crippen LogP contribution in [-0.4, -0.2) is 20.0 Å². The monoisotopic (exact) mass is 436 g/mol. The molecule has 0 saturated heterocycles. The van der Waals surface area contributed by atoms with Crippen LogP contribution < -0.4 is 10.9 Å². The predicted octanol–water partition coefficient (Wildman–Crippen LogP) is 4.66. The van der Waals surface area contributed by atoms with Crippen LogP contribution in [0.5, 0.6) is 0 Å². The molecule has 2 aromatic heterocycles. The van der Waals surface area contributed by atoms with Crippen LogP contribution in [0.2, 0.25) is 0 Å². The number of nitrogens with one attached hydrogen (secondary N) is 1. The normalized spacial score (nSPS) is 11.2. The standard InChI is InChI=1S/C27H24N4O2/c1-18-7-6-10-21(13-18)29-24(32)16-31-23-12-11-19(2)14-22(23)25-26(31)27(33)30(17-28-25)15-20-8-4-3-5-9-20/h3-14,17H,15-16H2,1-2H3,(H,29,32). The summed E-state index contributed by atoms with van der Waals surface area (Å²) in [5, 5.41) is 3.82. The fourth-order valence-corrected chi connectivity index (χ4v) is 4.24. The van der Waals surface area contributed by atoms with Crippen LogP contribution in [0.15, 0.2) is 83.9 Å². The highest BCUT2D eigenvalue weighted by atomic mass is 16.2. The van der Waals surface area contributed by atoms with E-state index < -0.39 is 0 Å². The van der Waals surface area contributed by atoms with Gasteiger partial charge in [-0.25, -0.2) is 4.98 Å². The summed E-state index contributed by atoms with van der Waals surface area (Å²) in [6, 6.07) is 23.4. The molecule has 0 saturated carbocycles. The van der Waals surface area contributed by atoms with Gasteiger partial charge in [0.25, 0.3) is 5.56 Å². The van der Waals surface area contributed by atoms with Crippen LogP contribution in [0.4, 0.5) is 5.69 Å². The quantitative estimate of drug-likeness (QED) is 0.436. The first-order valence-electron chi connectivity index (χ1n) is 10.9. The van der Waals surface area contributed by atoms with Gasteiger partial charge in [-0.2, -0.15) is 0 Å². The van der Waals surface area contributed by atoms with E-state index in [0.717, 1.165) is 33.3 Å². The highest BCUT2D eigenvalue weighted by Crippen LogP contribution is 2.26. The Kier molecular flexibility index (Phi) is 5.26. The maximum absolute atomic E-state index is 13.6. The third-order valence-corrected chi connectivity index (χ3v) is 5.78. The van der Waals surface area contributed by atoms with E-state index in [-0.39, 0.29) is 18.0 Å². The first kappa shape index (κ1) is 20.7. The Morgan fingerprint density at radius 2 is 1.73 bits per heavy atom. The number of anilines is 1. The molecule has 0 atom stereocenters. The Morgan fingerprint density at radius 3 is 2.52 bits per heavy atom. The molecule has 5 aromatic rings. The number of carbonyl (C=O) groups is 1. The summed E-state index contributed by atoms with van der Waals surface area (Å²) in [5.41, 5.74) is 5.58. The molecule has 0 aliphatic rings. The van der Waals surface area contributed by atoms with Crippen LogP contribution in [0.25, 0.3) is 21.9 Å². The lowest BCUT2D eigenvalue weighted by Gasteiger charge is -2.10. The molecule has 3 aromatic carbocycles. The van der Waals surface area contributed by atoms with Gasteiger partial charge in [-0.05, 0) is 49.2 Å². The summed E-state index contributed by atoms with van der Waals surface area (Å²) in [6.45, 7) is 4.41. The van der Waals surface area contributed by atoms with Gasteiger partial charge in [0.15, 0.2) is 0 Å². The minimum Gasteiger partial charge on any atom is -0.325 e. The number of nitrogens with zero attached hydrogens (tertiary/aromatic N) is 3. The third kappa shape index (κ3) is 4.03. The second-order valence-electron chi connectivity index (χ2n) is 8.38. The largest absolute Gasteiger partial charge is 0.325 e. The van der Waals surface area contributed by atoms with E-state index in [1.165, 1.54) is 0 Å². The molecule has 33 heavy (non-hydrogen) atoms. The summed E-state index contributed by atoms with van der Waals surface area (Å²) >= 11 is 0. The van der Waals surface area contributed by atoms with Gasteiger partial charge in [0, 0.05) is 11.1 Å². The second kappa shape index (κ2) is 8.39. The fourth-order valence-electron chi connectivity index (χ4n) is 4.24. The molecule has 6 nitrogen and oxygen atoms in total. The van der Waals surface area contributed by atoms with E-state index in [1.54, 1.807) is 15.5 Å². The van der Waals surface area contributed by atoms with Crippen LogP contribution >= 0.6 is 0 Å². The summed E-state index contributed by atoms with van der Waals surface area (Å²) < 4.78 is 3.38. The van der Waals surface area contributed by atoms with Gasteiger partial charge in [0.05, 0.1) is 18.4 Å². The summed E-state index contributed by atoms with van der Waals surface area (Å²) in [5.74, 6) is -0.196. The number of amides is 1. The van der Waals surface area contributed by atoms with Crippen LogP contribution in [0.1, 0.15) is 16.7 Å². The molecular weight excluding hydrogens is 412 g/mol. The minimum absolute atomic E-state index is 0.0171. The number of hydrogen-bond donors (Lipinski definition) is 1. The Hall–Kier alpha value is -4.19. The van der Waals surface area contributed by atoms with Gasteiger partial charge in [0.2, 0.25) is 5.91 Å². The number of carbonyl (C=O) groups excluding carboxylic acids is 1. The number of rotatable bonds is 5. The Labute approximate surface area is 191 Å². The van der Waals surface area contributed by atoms with Crippen LogP contribution in [0.3, 0.4) is 0 Å². The average molecular weight is 437 g/mol. The van der Waals surface area contributed by atoms with E-state index in [2.05, 4.69) is 10.3 Å². The van der Waals surface area contributed by atoms with E-state index in [4.69, 9.17) is 0 Å². The topological polar surface area (TPSA) is 68.9 Å². The lowest BCUT2D eigenvalue weighted by molar-refractivity contribution is -0.116. The van der Waals surface area contributed by atoms with Crippen molar-refractivity contribution in [2.75, 3.05) is 5.32 Å². The van der Waals surface area contributed by atoms with Crippen molar-refractivity contribution < 1.29 is 4.79 Å². The van der Waals surface area contributed by atoms with Crippen LogP contribution in [0, 0.1) is 13.8 Å². The van der Waals surface area contributed by atoms with E-state index in [1.807, 2.05) is 86.6 Å². The van der Waals surface area contributed by atoms with E-state index in [0.29, 0.717) is 17.6 Å². The molecule has 0 fully saturated rings. The molecule has 0 aliphatic carbocycles. The SMILES string of the molecule is Cc1cccc(NC(=O)Cn2c3ccc(C)cc3c3ncn(Cc4ccccc4)c(=O)c32)c1. The number of fused-ring (bicyclic) bond motifs is 3. The molecule has 1 amide bonds. The maximum Gasteiger partial charge on any atom is 0.278 e. The predicted molar refractivity (Wildman–Crippen MR) is 132 cm³/mol. The van der Waals surface area contributed by atoms with Gasteiger partial charge in [-0.3, -0.25) is 14.2 Å². The molecule has 0 aliphatic heterocycles. The number of benzene rings is 3. The van der Waals surface area contributed by atoms with Crippen molar-refractivity contribution in [3.63, 3.8) is 0 Å². The molecule has 6 heteroatoms. The molecule has 0 radical (unpaired) electrons. The summed E-state index contributed by atoms with van der Waals surface area (Å²) in [7, 11) is 0. The van der Waals surface area contributed by atoms with Gasteiger partial charge in [-0.15, -0.1) is 0 Å². The van der Waals surface area contributed by atoms with Crippen molar-refractivity contribution in [2.45, 2.75) is 26.9 Å². The van der Waals surface area contributed by atoms with Crippen LogP contribution in [-0.2, 0) is 17.9 Å². The van der Waals surface area contributed by atoms with Gasteiger partial charge < -0.3 is 9.88 Å². The second-order valence-corrected chi connectivity index (χ2v) is 8.38. The molecule has 0 bridgehead atoms. The first-order chi connectivity index (χ1) is 16.0. The number of aryl methyl sites for hydroxylation is 2. The molecular formula is C27H24N4O2. The molecule has 0 unspecified atom stereocenters. The third-order valence-electron chi connectivity index (χ3n) is 5.78. The first-order valence-corrected chi connectivity index (χ1v) is 10.9. The highest BCUT2D eigenvalue weighted by molar-refractivity contribution is 6.06. The van der Waals surface area contributed by atoms with Gasteiger partial charge in [-0.1, -0.05) is 54.1 Å². The van der Waals surface area contributed by atoms with E-state index >= 15 is 0 Å². The lowest BCUT2D eigenvalue weighted by Crippen LogP contribution is -2.25. The fraction of sp³-hybridized carbons (Fsp3) is 0.148. The van der Waals surface area contributed by atoms with Crippen molar-refractivity contribution in [3.8, 4) is 0 Å². The van der Waals surface area contributed by atoms with Gasteiger partial charge >= 0.3 is 0 Å².